The maximum atomic E-state index is 12.3. The molecule has 1 amide bonds. The van der Waals surface area contributed by atoms with Gasteiger partial charge >= 0.3 is 0 Å². The number of nitrogens with zero attached hydrogens (tertiary/aromatic N) is 1. The van der Waals surface area contributed by atoms with Gasteiger partial charge in [0.25, 0.3) is 0 Å². The molecule has 21 heavy (non-hydrogen) atoms. The van der Waals surface area contributed by atoms with Crippen LogP contribution in [0.5, 0.6) is 11.5 Å². The molecule has 2 aliphatic rings. The van der Waals surface area contributed by atoms with E-state index >= 15 is 0 Å². The molecule has 1 aliphatic carbocycles. The van der Waals surface area contributed by atoms with E-state index in [4.69, 9.17) is 9.47 Å². The van der Waals surface area contributed by atoms with E-state index in [9.17, 15) is 10.1 Å². The number of carbonyl (C=O) groups is 1. The van der Waals surface area contributed by atoms with Crippen molar-refractivity contribution in [1.29, 1.82) is 5.26 Å². The van der Waals surface area contributed by atoms with Crippen molar-refractivity contribution < 1.29 is 14.3 Å². The van der Waals surface area contributed by atoms with Crippen molar-refractivity contribution in [2.75, 3.05) is 13.2 Å². The summed E-state index contributed by atoms with van der Waals surface area (Å²) in [6.07, 6.45) is 3.23. The number of fused-ring (bicyclic) bond motifs is 1. The van der Waals surface area contributed by atoms with Crippen LogP contribution < -0.4 is 14.8 Å². The number of nitriles is 1. The number of benzene rings is 1. The molecule has 0 saturated heterocycles. The topological polar surface area (TPSA) is 71.4 Å². The van der Waals surface area contributed by atoms with Gasteiger partial charge in [-0.05, 0) is 30.5 Å². The van der Waals surface area contributed by atoms with Crippen molar-refractivity contribution in [3.05, 3.63) is 23.8 Å². The van der Waals surface area contributed by atoms with Crippen molar-refractivity contribution in [3.8, 4) is 17.6 Å². The van der Waals surface area contributed by atoms with E-state index < -0.39 is 5.41 Å². The Morgan fingerprint density at radius 2 is 1.95 bits per heavy atom. The maximum Gasteiger partial charge on any atom is 0.240 e. The first kappa shape index (κ1) is 13.7. The van der Waals surface area contributed by atoms with Gasteiger partial charge in [0, 0.05) is 6.54 Å². The summed E-state index contributed by atoms with van der Waals surface area (Å²) in [6, 6.07) is 7.84. The van der Waals surface area contributed by atoms with E-state index in [2.05, 4.69) is 11.4 Å². The molecule has 0 aromatic heterocycles. The zero-order valence-electron chi connectivity index (χ0n) is 11.9. The molecule has 5 heteroatoms. The third-order valence-corrected chi connectivity index (χ3v) is 4.17. The summed E-state index contributed by atoms with van der Waals surface area (Å²) in [4.78, 5) is 12.3. The van der Waals surface area contributed by atoms with Crippen molar-refractivity contribution in [2.45, 2.75) is 32.2 Å². The zero-order chi connectivity index (χ0) is 14.7. The lowest BCUT2D eigenvalue weighted by Gasteiger charge is -2.21. The van der Waals surface area contributed by atoms with Gasteiger partial charge in [-0.3, -0.25) is 4.79 Å². The van der Waals surface area contributed by atoms with Crippen molar-refractivity contribution >= 4 is 5.91 Å². The highest BCUT2D eigenvalue weighted by molar-refractivity contribution is 5.85. The Bertz CT molecular complexity index is 586. The number of hydrogen-bond acceptors (Lipinski definition) is 4. The molecule has 1 fully saturated rings. The Labute approximate surface area is 123 Å². The lowest BCUT2D eigenvalue weighted by molar-refractivity contribution is -0.128. The Balaban J connectivity index is 1.65. The van der Waals surface area contributed by atoms with Crippen LogP contribution in [-0.4, -0.2) is 19.1 Å². The molecular weight excluding hydrogens is 268 g/mol. The fraction of sp³-hybridized carbons (Fsp3) is 0.500. The number of hydrogen-bond donors (Lipinski definition) is 1. The Hall–Kier alpha value is -2.22. The summed E-state index contributed by atoms with van der Waals surface area (Å²) < 4.78 is 11.0. The van der Waals surface area contributed by atoms with Crippen molar-refractivity contribution in [3.63, 3.8) is 0 Å². The minimum absolute atomic E-state index is 0.155. The van der Waals surface area contributed by atoms with Gasteiger partial charge in [0.2, 0.25) is 5.91 Å². The van der Waals surface area contributed by atoms with E-state index in [0.717, 1.165) is 24.2 Å². The standard InChI is InChI=1S/C16H18N2O3/c17-11-16(5-1-2-6-16)15(19)18-10-12-3-4-13-14(9-12)21-8-7-20-13/h3-4,9H,1-2,5-8,10H2,(H,18,19). The first-order valence-electron chi connectivity index (χ1n) is 7.32. The molecule has 0 atom stereocenters. The molecule has 1 heterocycles. The molecular formula is C16H18N2O3. The van der Waals surface area contributed by atoms with Crippen LogP contribution in [0.2, 0.25) is 0 Å². The third-order valence-electron chi connectivity index (χ3n) is 4.17. The van der Waals surface area contributed by atoms with E-state index in [-0.39, 0.29) is 5.91 Å². The minimum atomic E-state index is -0.826. The highest BCUT2D eigenvalue weighted by Crippen LogP contribution is 2.37. The zero-order valence-corrected chi connectivity index (χ0v) is 11.9. The number of nitrogens with one attached hydrogen (secondary N) is 1. The molecule has 1 saturated carbocycles. The SMILES string of the molecule is N#CC1(C(=O)NCc2ccc3c(c2)OCCO3)CCCC1. The van der Waals surface area contributed by atoms with Gasteiger partial charge in [0.15, 0.2) is 11.5 Å². The summed E-state index contributed by atoms with van der Waals surface area (Å²) in [5.74, 6) is 1.29. The normalized spacial score (nSPS) is 18.8. The van der Waals surface area contributed by atoms with Gasteiger partial charge in [0.05, 0.1) is 6.07 Å². The first-order chi connectivity index (χ1) is 10.2. The number of carbonyl (C=O) groups excluding carboxylic acids is 1. The average Bonchev–Trinajstić information content (AvgIpc) is 3.02. The average molecular weight is 286 g/mol. The molecule has 1 aliphatic heterocycles. The summed E-state index contributed by atoms with van der Waals surface area (Å²) in [5, 5.41) is 12.2. The quantitative estimate of drug-likeness (QED) is 0.924. The second-order valence-electron chi connectivity index (χ2n) is 5.56. The minimum Gasteiger partial charge on any atom is -0.486 e. The van der Waals surface area contributed by atoms with Crippen LogP contribution in [0.25, 0.3) is 0 Å². The van der Waals surface area contributed by atoms with Gasteiger partial charge < -0.3 is 14.8 Å². The van der Waals surface area contributed by atoms with Crippen LogP contribution in [0.3, 0.4) is 0 Å². The van der Waals surface area contributed by atoms with E-state index in [1.54, 1.807) is 0 Å². The molecule has 1 N–H and O–H groups in total. The summed E-state index contributed by atoms with van der Waals surface area (Å²) in [7, 11) is 0. The predicted molar refractivity (Wildman–Crippen MR) is 75.8 cm³/mol. The predicted octanol–water partition coefficient (Wildman–Crippen LogP) is 2.16. The molecule has 0 unspecified atom stereocenters. The Kier molecular flexibility index (Phi) is 3.70. The van der Waals surface area contributed by atoms with Crippen molar-refractivity contribution in [2.24, 2.45) is 5.41 Å². The van der Waals surface area contributed by atoms with Crippen LogP contribution in [0, 0.1) is 16.7 Å². The van der Waals surface area contributed by atoms with E-state index in [1.807, 2.05) is 18.2 Å². The summed E-state index contributed by atoms with van der Waals surface area (Å²) in [5.41, 5.74) is 0.118. The Morgan fingerprint density at radius 3 is 2.67 bits per heavy atom. The summed E-state index contributed by atoms with van der Waals surface area (Å²) in [6.45, 7) is 1.51. The number of rotatable bonds is 3. The molecule has 3 rings (SSSR count). The van der Waals surface area contributed by atoms with Crippen LogP contribution >= 0.6 is 0 Å². The smallest absolute Gasteiger partial charge is 0.240 e. The molecule has 1 aromatic rings. The first-order valence-corrected chi connectivity index (χ1v) is 7.32. The molecule has 110 valence electrons. The fourth-order valence-electron chi connectivity index (χ4n) is 2.92. The third kappa shape index (κ3) is 2.66. The molecule has 1 aromatic carbocycles. The van der Waals surface area contributed by atoms with Crippen LogP contribution in [-0.2, 0) is 11.3 Å². The largest absolute Gasteiger partial charge is 0.486 e. The Morgan fingerprint density at radius 1 is 1.24 bits per heavy atom. The van der Waals surface area contributed by atoms with E-state index in [1.165, 1.54) is 0 Å². The van der Waals surface area contributed by atoms with Gasteiger partial charge in [-0.1, -0.05) is 18.9 Å². The molecule has 0 spiro atoms. The van der Waals surface area contributed by atoms with Gasteiger partial charge in [0.1, 0.15) is 18.6 Å². The monoisotopic (exact) mass is 286 g/mol. The molecule has 5 nitrogen and oxygen atoms in total. The second kappa shape index (κ2) is 5.65. The second-order valence-corrected chi connectivity index (χ2v) is 5.56. The fourth-order valence-corrected chi connectivity index (χ4v) is 2.92. The molecule has 0 bridgehead atoms. The highest BCUT2D eigenvalue weighted by atomic mass is 16.6. The van der Waals surface area contributed by atoms with E-state index in [0.29, 0.717) is 38.3 Å². The maximum absolute atomic E-state index is 12.3. The van der Waals surface area contributed by atoms with Gasteiger partial charge in [-0.15, -0.1) is 0 Å². The molecule has 0 radical (unpaired) electrons. The van der Waals surface area contributed by atoms with Crippen molar-refractivity contribution in [1.82, 2.24) is 5.32 Å². The number of amides is 1. The lowest BCUT2D eigenvalue weighted by Crippen LogP contribution is -2.37. The van der Waals surface area contributed by atoms with Crippen LogP contribution in [0.1, 0.15) is 31.2 Å². The van der Waals surface area contributed by atoms with Gasteiger partial charge in [-0.2, -0.15) is 5.26 Å². The number of ether oxygens (including phenoxy) is 2. The lowest BCUT2D eigenvalue weighted by atomic mass is 9.87. The highest BCUT2D eigenvalue weighted by Gasteiger charge is 2.41. The summed E-state index contributed by atoms with van der Waals surface area (Å²) >= 11 is 0. The van der Waals surface area contributed by atoms with Crippen LogP contribution in [0.15, 0.2) is 18.2 Å². The van der Waals surface area contributed by atoms with Gasteiger partial charge in [-0.25, -0.2) is 0 Å². The van der Waals surface area contributed by atoms with Crippen LogP contribution in [0.4, 0.5) is 0 Å².